The summed E-state index contributed by atoms with van der Waals surface area (Å²) in [4.78, 5) is 11.9. The molecule has 1 heterocycles. The number of aryl methyl sites for hydroxylation is 1. The van der Waals surface area contributed by atoms with E-state index in [0.717, 1.165) is 17.5 Å². The van der Waals surface area contributed by atoms with Gasteiger partial charge in [0.2, 0.25) is 5.91 Å². The first-order valence-corrected chi connectivity index (χ1v) is 8.40. The number of amides is 1. The zero-order chi connectivity index (χ0) is 15.5. The summed E-state index contributed by atoms with van der Waals surface area (Å²) in [6.07, 6.45) is 2.94. The molecule has 0 aromatic carbocycles. The fourth-order valence-corrected chi connectivity index (χ4v) is 2.49. The van der Waals surface area contributed by atoms with Crippen molar-refractivity contribution in [2.75, 3.05) is 12.0 Å². The average molecular weight is 302 g/mol. The van der Waals surface area contributed by atoms with Gasteiger partial charge in [0, 0.05) is 24.6 Å². The first-order valence-electron chi connectivity index (χ1n) is 6.34. The van der Waals surface area contributed by atoms with Crippen molar-refractivity contribution in [3.63, 3.8) is 0 Å². The molecular weight excluding hydrogens is 280 g/mol. The van der Waals surface area contributed by atoms with Gasteiger partial charge >= 0.3 is 0 Å². The van der Waals surface area contributed by atoms with Crippen LogP contribution in [0.25, 0.3) is 0 Å². The zero-order valence-electron chi connectivity index (χ0n) is 12.3. The number of sulfone groups is 1. The lowest BCUT2D eigenvalue weighted by Crippen LogP contribution is -2.42. The van der Waals surface area contributed by atoms with E-state index in [1.165, 1.54) is 0 Å². The molecule has 3 N–H and O–H groups in total. The van der Waals surface area contributed by atoms with Crippen LogP contribution in [-0.2, 0) is 21.7 Å². The van der Waals surface area contributed by atoms with Gasteiger partial charge in [-0.3, -0.25) is 9.48 Å². The molecule has 1 aromatic heterocycles. The van der Waals surface area contributed by atoms with Gasteiger partial charge < -0.3 is 11.1 Å². The minimum Gasteiger partial charge on any atom is -0.348 e. The van der Waals surface area contributed by atoms with E-state index in [0.29, 0.717) is 0 Å². The summed E-state index contributed by atoms with van der Waals surface area (Å²) in [5.74, 6) is -0.452. The van der Waals surface area contributed by atoms with E-state index in [1.54, 1.807) is 10.9 Å². The van der Waals surface area contributed by atoms with E-state index in [1.807, 2.05) is 20.9 Å². The highest BCUT2D eigenvalue weighted by atomic mass is 32.2. The third kappa shape index (κ3) is 4.61. The van der Waals surface area contributed by atoms with Crippen LogP contribution < -0.4 is 11.1 Å². The van der Waals surface area contributed by atoms with Gasteiger partial charge in [0.25, 0.3) is 0 Å². The first kappa shape index (κ1) is 16.6. The molecule has 1 amide bonds. The third-order valence-corrected chi connectivity index (χ3v) is 4.21. The van der Waals surface area contributed by atoms with Crippen molar-refractivity contribution in [2.24, 2.45) is 12.8 Å². The standard InChI is InChI=1S/C12H22N4O3S/c1-8(10-7-14-16(3)9(10)2)15-12(17)11(13)5-6-20(4,18)19/h7-8,11H,5-6,13H2,1-4H3,(H,15,17). The molecule has 0 fully saturated rings. The normalized spacial score (nSPS) is 14.8. The van der Waals surface area contributed by atoms with Crippen LogP contribution in [0.5, 0.6) is 0 Å². The van der Waals surface area contributed by atoms with Gasteiger partial charge in [-0.05, 0) is 20.3 Å². The lowest BCUT2D eigenvalue weighted by Gasteiger charge is -2.17. The molecule has 0 saturated heterocycles. The van der Waals surface area contributed by atoms with Crippen LogP contribution >= 0.6 is 0 Å². The number of carbonyl (C=O) groups excluding carboxylic acids is 1. The van der Waals surface area contributed by atoms with Gasteiger partial charge in [0.1, 0.15) is 9.84 Å². The van der Waals surface area contributed by atoms with Crippen LogP contribution in [0.3, 0.4) is 0 Å². The van der Waals surface area contributed by atoms with Crippen LogP contribution in [0, 0.1) is 6.92 Å². The number of aromatic nitrogens is 2. The molecule has 0 spiro atoms. The monoisotopic (exact) mass is 302 g/mol. The number of hydrogen-bond donors (Lipinski definition) is 2. The molecule has 1 aromatic rings. The van der Waals surface area contributed by atoms with Gasteiger partial charge in [-0.1, -0.05) is 0 Å². The second-order valence-corrected chi connectivity index (χ2v) is 7.32. The quantitative estimate of drug-likeness (QED) is 0.748. The Bertz CT molecular complexity index is 580. The van der Waals surface area contributed by atoms with Crippen LogP contribution in [-0.4, -0.2) is 42.2 Å². The fourth-order valence-electron chi connectivity index (χ4n) is 1.81. The highest BCUT2D eigenvalue weighted by Crippen LogP contribution is 2.16. The summed E-state index contributed by atoms with van der Waals surface area (Å²) < 4.78 is 23.8. The lowest BCUT2D eigenvalue weighted by molar-refractivity contribution is -0.123. The smallest absolute Gasteiger partial charge is 0.237 e. The highest BCUT2D eigenvalue weighted by Gasteiger charge is 2.20. The van der Waals surface area contributed by atoms with Crippen molar-refractivity contribution >= 4 is 15.7 Å². The third-order valence-electron chi connectivity index (χ3n) is 3.23. The molecule has 0 saturated carbocycles. The van der Waals surface area contributed by atoms with E-state index < -0.39 is 15.9 Å². The van der Waals surface area contributed by atoms with Crippen LogP contribution in [0.15, 0.2) is 6.20 Å². The Balaban J connectivity index is 2.59. The largest absolute Gasteiger partial charge is 0.348 e. The number of nitrogens with zero attached hydrogens (tertiary/aromatic N) is 2. The van der Waals surface area contributed by atoms with Gasteiger partial charge in [-0.2, -0.15) is 5.10 Å². The van der Waals surface area contributed by atoms with Crippen molar-refractivity contribution in [2.45, 2.75) is 32.4 Å². The average Bonchev–Trinajstić information content (AvgIpc) is 2.66. The molecule has 2 unspecified atom stereocenters. The molecule has 7 nitrogen and oxygen atoms in total. The number of rotatable bonds is 6. The molecule has 2 atom stereocenters. The summed E-state index contributed by atoms with van der Waals surface area (Å²) in [6.45, 7) is 3.75. The minimum absolute atomic E-state index is 0.0953. The Morgan fingerprint density at radius 1 is 1.55 bits per heavy atom. The number of nitrogens with one attached hydrogen (secondary N) is 1. The van der Waals surface area contributed by atoms with Crippen LogP contribution in [0.1, 0.15) is 30.6 Å². The van der Waals surface area contributed by atoms with E-state index in [2.05, 4.69) is 10.4 Å². The number of nitrogens with two attached hydrogens (primary N) is 1. The Kier molecular flexibility index (Phi) is 5.29. The molecule has 0 bridgehead atoms. The minimum atomic E-state index is -3.11. The molecule has 0 aliphatic heterocycles. The molecule has 8 heteroatoms. The molecule has 20 heavy (non-hydrogen) atoms. The molecule has 0 aliphatic carbocycles. The summed E-state index contributed by atoms with van der Waals surface area (Å²) in [7, 11) is -1.29. The second-order valence-electron chi connectivity index (χ2n) is 5.06. The maximum Gasteiger partial charge on any atom is 0.237 e. The zero-order valence-corrected chi connectivity index (χ0v) is 13.1. The summed E-state index contributed by atoms with van der Waals surface area (Å²) >= 11 is 0. The molecule has 0 aliphatic rings. The SMILES string of the molecule is Cc1c(C(C)NC(=O)C(N)CCS(C)(=O)=O)cnn1C. The molecule has 0 radical (unpaired) electrons. The van der Waals surface area contributed by atoms with Crippen molar-refractivity contribution in [3.05, 3.63) is 17.5 Å². The predicted octanol–water partition coefficient (Wildman–Crippen LogP) is -0.332. The lowest BCUT2D eigenvalue weighted by atomic mass is 10.1. The van der Waals surface area contributed by atoms with Crippen molar-refractivity contribution < 1.29 is 13.2 Å². The van der Waals surface area contributed by atoms with E-state index in [-0.39, 0.29) is 24.1 Å². The van der Waals surface area contributed by atoms with Crippen LogP contribution in [0.2, 0.25) is 0 Å². The van der Waals surface area contributed by atoms with E-state index >= 15 is 0 Å². The van der Waals surface area contributed by atoms with E-state index in [9.17, 15) is 13.2 Å². The predicted molar refractivity (Wildman–Crippen MR) is 76.8 cm³/mol. The summed E-state index contributed by atoms with van der Waals surface area (Å²) in [5, 5.41) is 6.89. The van der Waals surface area contributed by atoms with E-state index in [4.69, 9.17) is 5.73 Å². The Morgan fingerprint density at radius 2 is 2.15 bits per heavy atom. The number of hydrogen-bond acceptors (Lipinski definition) is 5. The van der Waals surface area contributed by atoms with Gasteiger partial charge in [-0.15, -0.1) is 0 Å². The Morgan fingerprint density at radius 3 is 2.60 bits per heavy atom. The Labute approximate surface area is 119 Å². The van der Waals surface area contributed by atoms with Crippen molar-refractivity contribution in [3.8, 4) is 0 Å². The molecule has 114 valence electrons. The number of carbonyl (C=O) groups is 1. The first-order chi connectivity index (χ1) is 9.11. The summed E-state index contributed by atoms with van der Waals surface area (Å²) in [5.41, 5.74) is 7.57. The van der Waals surface area contributed by atoms with Gasteiger partial charge in [0.15, 0.2) is 0 Å². The highest BCUT2D eigenvalue weighted by molar-refractivity contribution is 7.90. The van der Waals surface area contributed by atoms with Gasteiger partial charge in [-0.25, -0.2) is 8.42 Å². The fraction of sp³-hybridized carbons (Fsp3) is 0.667. The van der Waals surface area contributed by atoms with Crippen LogP contribution in [0.4, 0.5) is 0 Å². The Hall–Kier alpha value is -1.41. The second kappa shape index (κ2) is 6.36. The molecular formula is C12H22N4O3S. The van der Waals surface area contributed by atoms with Crippen molar-refractivity contribution in [1.29, 1.82) is 0 Å². The summed E-state index contributed by atoms with van der Waals surface area (Å²) in [6, 6.07) is -1.05. The maximum atomic E-state index is 11.9. The maximum absolute atomic E-state index is 11.9. The molecule has 1 rings (SSSR count). The van der Waals surface area contributed by atoms with Crippen molar-refractivity contribution in [1.82, 2.24) is 15.1 Å². The van der Waals surface area contributed by atoms with Gasteiger partial charge in [0.05, 0.1) is 24.0 Å². The topological polar surface area (TPSA) is 107 Å².